The summed E-state index contributed by atoms with van der Waals surface area (Å²) in [5.74, 6) is 2.26. The molecule has 4 bridgehead atoms. The third-order valence-electron chi connectivity index (χ3n) is 6.89. The number of nitrogens with one attached hydrogen (secondary N) is 3. The van der Waals surface area contributed by atoms with E-state index in [4.69, 9.17) is 0 Å². The van der Waals surface area contributed by atoms with Crippen LogP contribution >= 0.6 is 11.8 Å². The van der Waals surface area contributed by atoms with Gasteiger partial charge in [-0.15, -0.1) is 11.8 Å². The number of amides is 3. The van der Waals surface area contributed by atoms with E-state index in [2.05, 4.69) is 16.2 Å². The van der Waals surface area contributed by atoms with Crippen molar-refractivity contribution in [2.75, 3.05) is 11.1 Å². The Balaban J connectivity index is 1.19. The Hall–Kier alpha value is -2.02. The van der Waals surface area contributed by atoms with E-state index in [-0.39, 0.29) is 23.1 Å². The van der Waals surface area contributed by atoms with Crippen LogP contribution in [0.2, 0.25) is 0 Å². The molecule has 5 aliphatic rings. The highest BCUT2D eigenvalue weighted by molar-refractivity contribution is 8.00. The molecule has 6 nitrogen and oxygen atoms in total. The first-order valence-electron chi connectivity index (χ1n) is 10.1. The Labute approximate surface area is 168 Å². The van der Waals surface area contributed by atoms with Gasteiger partial charge in [0.2, 0.25) is 11.8 Å². The Morgan fingerprint density at radius 3 is 2.43 bits per heavy atom. The minimum absolute atomic E-state index is 0.0704. The SMILES string of the molecule is O=C(CC12CC3CC(CC(C3)C1)C2)NNC(=O)c1ccc2c(c1)NC(=O)CS2. The zero-order chi connectivity index (χ0) is 19.3. The zero-order valence-electron chi connectivity index (χ0n) is 15.8. The summed E-state index contributed by atoms with van der Waals surface area (Å²) in [4.78, 5) is 37.5. The van der Waals surface area contributed by atoms with E-state index < -0.39 is 0 Å². The molecular formula is C21H25N3O3S. The summed E-state index contributed by atoms with van der Waals surface area (Å²) in [6.45, 7) is 0. The molecule has 1 aliphatic heterocycles. The molecule has 1 aromatic rings. The van der Waals surface area contributed by atoms with Gasteiger partial charge in [-0.2, -0.15) is 0 Å². The van der Waals surface area contributed by atoms with Crippen molar-refractivity contribution in [1.82, 2.24) is 10.9 Å². The van der Waals surface area contributed by atoms with Crippen molar-refractivity contribution >= 4 is 35.2 Å². The largest absolute Gasteiger partial charge is 0.324 e. The van der Waals surface area contributed by atoms with Gasteiger partial charge in [-0.05, 0) is 79.9 Å². The highest BCUT2D eigenvalue weighted by Crippen LogP contribution is 2.61. The third-order valence-corrected chi connectivity index (χ3v) is 7.96. The van der Waals surface area contributed by atoms with Crippen LogP contribution in [0.3, 0.4) is 0 Å². The van der Waals surface area contributed by atoms with Crippen molar-refractivity contribution in [2.45, 2.75) is 49.8 Å². The summed E-state index contributed by atoms with van der Waals surface area (Å²) >= 11 is 1.45. The van der Waals surface area contributed by atoms with Crippen molar-refractivity contribution in [3.8, 4) is 0 Å². The fourth-order valence-corrected chi connectivity index (χ4v) is 7.10. The number of hydrogen-bond donors (Lipinski definition) is 3. The molecule has 7 heteroatoms. The van der Waals surface area contributed by atoms with Crippen LogP contribution in [0.1, 0.15) is 55.3 Å². The van der Waals surface area contributed by atoms with Gasteiger partial charge in [0.1, 0.15) is 0 Å². The predicted molar refractivity (Wildman–Crippen MR) is 107 cm³/mol. The smallest absolute Gasteiger partial charge is 0.269 e. The lowest BCUT2D eigenvalue weighted by Gasteiger charge is -2.56. The van der Waals surface area contributed by atoms with Gasteiger partial charge in [0.15, 0.2) is 0 Å². The van der Waals surface area contributed by atoms with E-state index in [1.165, 1.54) is 50.3 Å². The number of carbonyl (C=O) groups is 3. The number of benzene rings is 1. The molecule has 6 rings (SSSR count). The van der Waals surface area contributed by atoms with Crippen LogP contribution in [0.25, 0.3) is 0 Å². The quantitative estimate of drug-likeness (QED) is 0.682. The van der Waals surface area contributed by atoms with Crippen LogP contribution in [0.5, 0.6) is 0 Å². The van der Waals surface area contributed by atoms with Crippen molar-refractivity contribution in [1.29, 1.82) is 0 Å². The lowest BCUT2D eigenvalue weighted by atomic mass is 9.49. The van der Waals surface area contributed by atoms with Crippen LogP contribution in [0.15, 0.2) is 23.1 Å². The Bertz CT molecular complexity index is 818. The number of anilines is 1. The summed E-state index contributed by atoms with van der Waals surface area (Å²) in [5, 5.41) is 2.78. The molecule has 3 amide bonds. The van der Waals surface area contributed by atoms with Gasteiger partial charge in [0.05, 0.1) is 11.4 Å². The van der Waals surface area contributed by atoms with Gasteiger partial charge in [0.25, 0.3) is 5.91 Å². The first-order valence-corrected chi connectivity index (χ1v) is 11.1. The minimum Gasteiger partial charge on any atom is -0.324 e. The Morgan fingerprint density at radius 1 is 1.07 bits per heavy atom. The topological polar surface area (TPSA) is 87.3 Å². The summed E-state index contributed by atoms with van der Waals surface area (Å²) < 4.78 is 0. The second kappa shape index (κ2) is 6.79. The molecular weight excluding hydrogens is 374 g/mol. The van der Waals surface area contributed by atoms with E-state index >= 15 is 0 Å². The molecule has 0 aromatic heterocycles. The lowest BCUT2D eigenvalue weighted by molar-refractivity contribution is -0.130. The second-order valence-electron chi connectivity index (χ2n) is 9.14. The summed E-state index contributed by atoms with van der Waals surface area (Å²) in [6, 6.07) is 5.19. The van der Waals surface area contributed by atoms with Crippen LogP contribution < -0.4 is 16.2 Å². The van der Waals surface area contributed by atoms with E-state index in [1.54, 1.807) is 12.1 Å². The predicted octanol–water partition coefficient (Wildman–Crippen LogP) is 3.10. The molecule has 28 heavy (non-hydrogen) atoms. The van der Waals surface area contributed by atoms with Gasteiger partial charge in [-0.25, -0.2) is 0 Å². The van der Waals surface area contributed by atoms with Crippen molar-refractivity contribution in [3.05, 3.63) is 23.8 Å². The molecule has 1 aromatic carbocycles. The molecule has 0 saturated heterocycles. The van der Waals surface area contributed by atoms with E-state index in [0.29, 0.717) is 23.4 Å². The monoisotopic (exact) mass is 399 g/mol. The first kappa shape index (κ1) is 18.0. The van der Waals surface area contributed by atoms with Crippen molar-refractivity contribution in [3.63, 3.8) is 0 Å². The molecule has 0 spiro atoms. The number of fused-ring (bicyclic) bond motifs is 1. The molecule has 4 aliphatic carbocycles. The van der Waals surface area contributed by atoms with Crippen LogP contribution in [0.4, 0.5) is 5.69 Å². The summed E-state index contributed by atoms with van der Waals surface area (Å²) in [5.41, 5.74) is 6.37. The second-order valence-corrected chi connectivity index (χ2v) is 10.2. The first-order chi connectivity index (χ1) is 13.5. The summed E-state index contributed by atoms with van der Waals surface area (Å²) in [6.07, 6.45) is 8.07. The van der Waals surface area contributed by atoms with Crippen molar-refractivity contribution in [2.24, 2.45) is 23.2 Å². The van der Waals surface area contributed by atoms with Gasteiger partial charge < -0.3 is 5.32 Å². The maximum atomic E-state index is 12.6. The fourth-order valence-electron chi connectivity index (χ4n) is 6.31. The molecule has 0 unspecified atom stereocenters. The minimum atomic E-state index is -0.369. The molecule has 148 valence electrons. The Morgan fingerprint density at radius 2 is 1.75 bits per heavy atom. The van der Waals surface area contributed by atoms with Crippen LogP contribution in [0, 0.1) is 23.2 Å². The zero-order valence-corrected chi connectivity index (χ0v) is 16.6. The number of rotatable bonds is 3. The van der Waals surface area contributed by atoms with E-state index in [9.17, 15) is 14.4 Å². The normalized spacial score (nSPS) is 32.4. The fraction of sp³-hybridized carbons (Fsp3) is 0.571. The van der Waals surface area contributed by atoms with E-state index in [1.807, 2.05) is 6.07 Å². The van der Waals surface area contributed by atoms with Gasteiger partial charge in [-0.3, -0.25) is 25.2 Å². The molecule has 4 saturated carbocycles. The van der Waals surface area contributed by atoms with E-state index in [0.717, 1.165) is 22.6 Å². The van der Waals surface area contributed by atoms with Crippen LogP contribution in [-0.4, -0.2) is 23.5 Å². The average molecular weight is 400 g/mol. The van der Waals surface area contributed by atoms with Gasteiger partial charge >= 0.3 is 0 Å². The number of thioether (sulfide) groups is 1. The van der Waals surface area contributed by atoms with Crippen molar-refractivity contribution < 1.29 is 14.4 Å². The number of hydrogen-bond acceptors (Lipinski definition) is 4. The molecule has 4 fully saturated rings. The molecule has 0 atom stereocenters. The van der Waals surface area contributed by atoms with Gasteiger partial charge in [0, 0.05) is 16.9 Å². The molecule has 1 heterocycles. The summed E-state index contributed by atoms with van der Waals surface area (Å²) in [7, 11) is 0. The maximum absolute atomic E-state index is 12.6. The van der Waals surface area contributed by atoms with Crippen LogP contribution in [-0.2, 0) is 9.59 Å². The third kappa shape index (κ3) is 3.41. The maximum Gasteiger partial charge on any atom is 0.269 e. The average Bonchev–Trinajstić information content (AvgIpc) is 2.64. The highest BCUT2D eigenvalue weighted by atomic mass is 32.2. The highest BCUT2D eigenvalue weighted by Gasteiger charge is 2.51. The standard InChI is InChI=1S/C21H25N3O3S/c25-18(10-21-7-12-3-13(8-21)5-14(4-12)9-21)23-24-20(27)15-1-2-17-16(6-15)22-19(26)11-28-17/h1-2,6,12-14H,3-5,7-11H2,(H,22,26)(H,23,25)(H,24,27). The Kier molecular flexibility index (Phi) is 4.38. The molecule has 3 N–H and O–H groups in total. The molecule has 0 radical (unpaired) electrons. The number of carbonyl (C=O) groups excluding carboxylic acids is 3. The lowest BCUT2D eigenvalue weighted by Crippen LogP contribution is -2.50. The number of hydrazine groups is 1. The van der Waals surface area contributed by atoms with Gasteiger partial charge in [-0.1, -0.05) is 0 Å².